The van der Waals surface area contributed by atoms with Crippen LogP contribution in [0.4, 0.5) is 5.13 Å². The molecule has 0 fully saturated rings. The first-order chi connectivity index (χ1) is 10.1. The van der Waals surface area contributed by atoms with E-state index < -0.39 is 0 Å². The van der Waals surface area contributed by atoms with E-state index in [1.807, 2.05) is 32.9 Å². The van der Waals surface area contributed by atoms with Crippen LogP contribution in [-0.4, -0.2) is 20.7 Å². The van der Waals surface area contributed by atoms with Gasteiger partial charge in [-0.3, -0.25) is 14.8 Å². The molecule has 1 aromatic carbocycles. The highest BCUT2D eigenvalue weighted by Crippen LogP contribution is 2.27. The Morgan fingerprint density at radius 3 is 2.90 bits per heavy atom. The minimum Gasteiger partial charge on any atom is -0.298 e. The molecule has 0 atom stereocenters. The lowest BCUT2D eigenvalue weighted by atomic mass is 10.2. The first kappa shape index (κ1) is 13.8. The number of benzene rings is 1. The fourth-order valence-electron chi connectivity index (χ4n) is 2.15. The Labute approximate surface area is 126 Å². The molecule has 1 amide bonds. The fraction of sp³-hybridized carbons (Fsp3) is 0.267. The number of carbonyl (C=O) groups is 1. The number of amides is 1. The molecule has 0 bridgehead atoms. The van der Waals surface area contributed by atoms with Crippen LogP contribution in [0.15, 0.2) is 24.4 Å². The smallest absolute Gasteiger partial charge is 0.260 e. The molecule has 0 unspecified atom stereocenters. The maximum absolute atomic E-state index is 12.3. The average molecular weight is 300 g/mol. The number of aryl methyl sites for hydroxylation is 3. The van der Waals surface area contributed by atoms with E-state index in [2.05, 4.69) is 21.5 Å². The minimum atomic E-state index is -0.164. The highest BCUT2D eigenvalue weighted by molar-refractivity contribution is 7.22. The van der Waals surface area contributed by atoms with Gasteiger partial charge in [0.05, 0.1) is 21.5 Å². The summed E-state index contributed by atoms with van der Waals surface area (Å²) in [7, 11) is 0. The zero-order chi connectivity index (χ0) is 15.0. The quantitative estimate of drug-likeness (QED) is 0.806. The van der Waals surface area contributed by atoms with Crippen molar-refractivity contribution in [3.63, 3.8) is 0 Å². The summed E-state index contributed by atoms with van der Waals surface area (Å²) in [5, 5.41) is 7.76. The molecule has 0 aliphatic heterocycles. The molecule has 0 saturated heterocycles. The van der Waals surface area contributed by atoms with E-state index >= 15 is 0 Å². The van der Waals surface area contributed by atoms with Gasteiger partial charge < -0.3 is 0 Å². The third-order valence-electron chi connectivity index (χ3n) is 3.28. The van der Waals surface area contributed by atoms with Crippen molar-refractivity contribution in [2.24, 2.45) is 0 Å². The van der Waals surface area contributed by atoms with E-state index in [0.29, 0.717) is 10.7 Å². The predicted molar refractivity (Wildman–Crippen MR) is 84.9 cm³/mol. The first-order valence-corrected chi connectivity index (χ1v) is 7.61. The Morgan fingerprint density at radius 2 is 2.19 bits per heavy atom. The normalized spacial score (nSPS) is 11.0. The molecule has 0 radical (unpaired) electrons. The van der Waals surface area contributed by atoms with Crippen molar-refractivity contribution in [3.8, 4) is 0 Å². The SMILES string of the molecule is CCn1cc(C(=O)Nc2nc3ccc(C)cc3s2)c(C)n1. The van der Waals surface area contributed by atoms with Gasteiger partial charge in [0.2, 0.25) is 0 Å². The molecule has 0 aliphatic carbocycles. The van der Waals surface area contributed by atoms with Crippen molar-refractivity contribution in [2.75, 3.05) is 5.32 Å². The summed E-state index contributed by atoms with van der Waals surface area (Å²) < 4.78 is 2.83. The number of nitrogens with zero attached hydrogens (tertiary/aromatic N) is 3. The Kier molecular flexibility index (Phi) is 3.47. The zero-order valence-corrected chi connectivity index (χ0v) is 13.0. The summed E-state index contributed by atoms with van der Waals surface area (Å²) in [6.45, 7) is 6.61. The van der Waals surface area contributed by atoms with E-state index in [1.54, 1.807) is 10.9 Å². The van der Waals surface area contributed by atoms with E-state index in [0.717, 1.165) is 22.5 Å². The summed E-state index contributed by atoms with van der Waals surface area (Å²) in [5.74, 6) is -0.164. The Morgan fingerprint density at radius 1 is 1.38 bits per heavy atom. The van der Waals surface area contributed by atoms with Gasteiger partial charge in [-0.05, 0) is 38.5 Å². The Hall–Kier alpha value is -2.21. The first-order valence-electron chi connectivity index (χ1n) is 6.79. The van der Waals surface area contributed by atoms with Crippen LogP contribution in [0.3, 0.4) is 0 Å². The number of aromatic nitrogens is 3. The molecule has 21 heavy (non-hydrogen) atoms. The third kappa shape index (κ3) is 2.67. The van der Waals surface area contributed by atoms with Gasteiger partial charge in [0, 0.05) is 12.7 Å². The summed E-state index contributed by atoms with van der Waals surface area (Å²) in [6, 6.07) is 6.06. The molecule has 3 rings (SSSR count). The van der Waals surface area contributed by atoms with Crippen LogP contribution in [0, 0.1) is 13.8 Å². The molecule has 2 heterocycles. The summed E-state index contributed by atoms with van der Waals surface area (Å²) in [6.07, 6.45) is 1.77. The largest absolute Gasteiger partial charge is 0.298 e. The van der Waals surface area contributed by atoms with Crippen LogP contribution in [0.5, 0.6) is 0 Å². The molecule has 6 heteroatoms. The van der Waals surface area contributed by atoms with Gasteiger partial charge in [-0.1, -0.05) is 17.4 Å². The predicted octanol–water partition coefficient (Wildman–Crippen LogP) is 3.38. The number of rotatable bonds is 3. The summed E-state index contributed by atoms with van der Waals surface area (Å²) in [5.41, 5.74) is 3.41. The van der Waals surface area contributed by atoms with E-state index in [4.69, 9.17) is 0 Å². The summed E-state index contributed by atoms with van der Waals surface area (Å²) >= 11 is 1.48. The van der Waals surface area contributed by atoms with Crippen LogP contribution in [0.2, 0.25) is 0 Å². The van der Waals surface area contributed by atoms with Crippen molar-refractivity contribution in [1.29, 1.82) is 0 Å². The molecule has 5 nitrogen and oxygen atoms in total. The van der Waals surface area contributed by atoms with Crippen molar-refractivity contribution in [1.82, 2.24) is 14.8 Å². The standard InChI is InChI=1S/C15H16N4OS/c1-4-19-8-11(10(3)18-19)14(20)17-15-16-12-6-5-9(2)7-13(12)21-15/h5-8H,4H2,1-3H3,(H,16,17,20). The van der Waals surface area contributed by atoms with Gasteiger partial charge in [0.25, 0.3) is 5.91 Å². The van der Waals surface area contributed by atoms with Crippen molar-refractivity contribution in [3.05, 3.63) is 41.2 Å². The second kappa shape index (κ2) is 5.29. The fourth-order valence-corrected chi connectivity index (χ4v) is 3.11. The van der Waals surface area contributed by atoms with E-state index in [1.165, 1.54) is 16.9 Å². The molecule has 1 N–H and O–H groups in total. The number of thiazole rings is 1. The molecule has 3 aromatic rings. The number of carbonyl (C=O) groups excluding carboxylic acids is 1. The molecular formula is C15H16N4OS. The second-order valence-corrected chi connectivity index (χ2v) is 5.96. The van der Waals surface area contributed by atoms with Crippen molar-refractivity contribution in [2.45, 2.75) is 27.3 Å². The highest BCUT2D eigenvalue weighted by Gasteiger charge is 2.15. The van der Waals surface area contributed by atoms with Gasteiger partial charge in [-0.15, -0.1) is 0 Å². The van der Waals surface area contributed by atoms with Gasteiger partial charge in [0.15, 0.2) is 5.13 Å². The number of nitrogens with one attached hydrogen (secondary N) is 1. The maximum Gasteiger partial charge on any atom is 0.260 e. The third-order valence-corrected chi connectivity index (χ3v) is 4.21. The summed E-state index contributed by atoms with van der Waals surface area (Å²) in [4.78, 5) is 16.7. The lowest BCUT2D eigenvalue weighted by molar-refractivity contribution is 0.102. The lowest BCUT2D eigenvalue weighted by Crippen LogP contribution is -2.12. The number of hydrogen-bond acceptors (Lipinski definition) is 4. The minimum absolute atomic E-state index is 0.164. The van der Waals surface area contributed by atoms with Crippen LogP contribution >= 0.6 is 11.3 Å². The molecule has 0 aliphatic rings. The average Bonchev–Trinajstić information content (AvgIpc) is 3.00. The maximum atomic E-state index is 12.3. The van der Waals surface area contributed by atoms with Crippen LogP contribution < -0.4 is 5.32 Å². The van der Waals surface area contributed by atoms with Crippen LogP contribution in [0.1, 0.15) is 28.5 Å². The molecular weight excluding hydrogens is 284 g/mol. The van der Waals surface area contributed by atoms with Gasteiger partial charge in [-0.25, -0.2) is 4.98 Å². The van der Waals surface area contributed by atoms with E-state index in [-0.39, 0.29) is 5.91 Å². The number of hydrogen-bond donors (Lipinski definition) is 1. The molecule has 2 aromatic heterocycles. The topological polar surface area (TPSA) is 59.8 Å². The van der Waals surface area contributed by atoms with Gasteiger partial charge >= 0.3 is 0 Å². The van der Waals surface area contributed by atoms with Crippen LogP contribution in [-0.2, 0) is 6.54 Å². The van der Waals surface area contributed by atoms with Gasteiger partial charge in [-0.2, -0.15) is 5.10 Å². The van der Waals surface area contributed by atoms with Gasteiger partial charge in [0.1, 0.15) is 0 Å². The molecule has 0 spiro atoms. The van der Waals surface area contributed by atoms with Crippen molar-refractivity contribution < 1.29 is 4.79 Å². The Bertz CT molecular complexity index is 818. The monoisotopic (exact) mass is 300 g/mol. The Balaban J connectivity index is 1.87. The zero-order valence-electron chi connectivity index (χ0n) is 12.2. The number of anilines is 1. The number of fused-ring (bicyclic) bond motifs is 1. The molecule has 0 saturated carbocycles. The second-order valence-electron chi connectivity index (χ2n) is 4.93. The molecule has 108 valence electrons. The van der Waals surface area contributed by atoms with Crippen molar-refractivity contribution >= 4 is 32.6 Å². The van der Waals surface area contributed by atoms with Crippen LogP contribution in [0.25, 0.3) is 10.2 Å². The lowest BCUT2D eigenvalue weighted by Gasteiger charge is -1.98. The highest BCUT2D eigenvalue weighted by atomic mass is 32.1. The van der Waals surface area contributed by atoms with E-state index in [9.17, 15) is 4.79 Å².